The van der Waals surface area contributed by atoms with Crippen LogP contribution < -0.4 is 15.8 Å². The van der Waals surface area contributed by atoms with Crippen molar-refractivity contribution in [2.75, 3.05) is 6.61 Å². The van der Waals surface area contributed by atoms with Gasteiger partial charge in [-0.05, 0) is 59.8 Å². The zero-order valence-corrected chi connectivity index (χ0v) is 14.7. The molecule has 0 aliphatic rings. The van der Waals surface area contributed by atoms with Crippen LogP contribution in [0.4, 0.5) is 0 Å². The van der Waals surface area contributed by atoms with E-state index < -0.39 is 0 Å². The van der Waals surface area contributed by atoms with Gasteiger partial charge in [0.05, 0.1) is 4.47 Å². The second-order valence-corrected chi connectivity index (χ2v) is 6.69. The van der Waals surface area contributed by atoms with E-state index in [4.69, 9.17) is 10.5 Å². The van der Waals surface area contributed by atoms with Crippen molar-refractivity contribution >= 4 is 21.8 Å². The summed E-state index contributed by atoms with van der Waals surface area (Å²) < 4.78 is 6.39. The van der Waals surface area contributed by atoms with Gasteiger partial charge in [0.25, 0.3) is 5.91 Å². The number of nitrogens with two attached hydrogens (primary N) is 1. The van der Waals surface area contributed by atoms with Crippen molar-refractivity contribution in [3.05, 3.63) is 28.2 Å². The molecule has 0 aliphatic carbocycles. The van der Waals surface area contributed by atoms with Crippen molar-refractivity contribution in [1.29, 1.82) is 0 Å². The van der Waals surface area contributed by atoms with Gasteiger partial charge in [0.1, 0.15) is 5.75 Å². The summed E-state index contributed by atoms with van der Waals surface area (Å²) >= 11 is 3.46. The maximum atomic E-state index is 11.8. The molecule has 0 radical (unpaired) electrons. The molecule has 0 bridgehead atoms. The normalized spacial score (nSPS) is 13.9. The molecule has 0 heterocycles. The van der Waals surface area contributed by atoms with E-state index >= 15 is 0 Å². The summed E-state index contributed by atoms with van der Waals surface area (Å²) in [6.45, 7) is 8.11. The maximum absolute atomic E-state index is 11.8. The van der Waals surface area contributed by atoms with Gasteiger partial charge in [-0.25, -0.2) is 0 Å². The van der Waals surface area contributed by atoms with Crippen LogP contribution in [0, 0.1) is 5.92 Å². The first-order valence-electron chi connectivity index (χ1n) is 7.25. The van der Waals surface area contributed by atoms with Gasteiger partial charge in [0.2, 0.25) is 0 Å². The molecule has 21 heavy (non-hydrogen) atoms. The van der Waals surface area contributed by atoms with E-state index in [0.29, 0.717) is 11.7 Å². The zero-order valence-electron chi connectivity index (χ0n) is 13.2. The lowest BCUT2D eigenvalue weighted by atomic mass is 10.1. The molecule has 1 rings (SSSR count). The van der Waals surface area contributed by atoms with E-state index in [9.17, 15) is 4.79 Å². The van der Waals surface area contributed by atoms with Crippen LogP contribution >= 0.6 is 15.9 Å². The van der Waals surface area contributed by atoms with Crippen molar-refractivity contribution in [3.63, 3.8) is 0 Å². The van der Waals surface area contributed by atoms with Crippen LogP contribution in [0.25, 0.3) is 0 Å². The van der Waals surface area contributed by atoms with Gasteiger partial charge in [-0.2, -0.15) is 0 Å². The monoisotopic (exact) mass is 356 g/mol. The molecular formula is C16H25BrN2O2. The second-order valence-electron chi connectivity index (χ2n) is 5.84. The molecule has 0 aromatic heterocycles. The molecule has 3 N–H and O–H groups in total. The number of benzene rings is 1. The molecule has 1 aromatic rings. The lowest BCUT2D eigenvalue weighted by Gasteiger charge is -2.17. The molecule has 0 fully saturated rings. The maximum Gasteiger partial charge on any atom is 0.258 e. The van der Waals surface area contributed by atoms with Crippen molar-refractivity contribution < 1.29 is 9.53 Å². The average Bonchev–Trinajstić information content (AvgIpc) is 2.36. The largest absolute Gasteiger partial charge is 0.483 e. The molecule has 0 saturated heterocycles. The summed E-state index contributed by atoms with van der Waals surface area (Å²) in [5, 5.41) is 2.91. The Kier molecular flexibility index (Phi) is 7.18. The number of halogens is 1. The molecule has 1 amide bonds. The number of nitrogens with one attached hydrogen (secondary N) is 1. The van der Waals surface area contributed by atoms with E-state index in [2.05, 4.69) is 35.1 Å². The average molecular weight is 357 g/mol. The number of ether oxygens (including phenoxy) is 1. The molecule has 1 aromatic carbocycles. The fourth-order valence-corrected chi connectivity index (χ4v) is 2.31. The first-order chi connectivity index (χ1) is 9.79. The van der Waals surface area contributed by atoms with Gasteiger partial charge in [-0.3, -0.25) is 4.79 Å². The van der Waals surface area contributed by atoms with Crippen LogP contribution in [0.3, 0.4) is 0 Å². The predicted octanol–water partition coefficient (Wildman–Crippen LogP) is 2.88. The van der Waals surface area contributed by atoms with Crippen LogP contribution in [0.1, 0.15) is 33.3 Å². The molecular weight excluding hydrogens is 332 g/mol. The summed E-state index contributed by atoms with van der Waals surface area (Å²) in [7, 11) is 0. The van der Waals surface area contributed by atoms with E-state index in [-0.39, 0.29) is 24.6 Å². The SMILES string of the molecule is CC(N)Cc1ccc(OCC(=O)NC(C)C(C)C)c(Br)c1. The van der Waals surface area contributed by atoms with Gasteiger partial charge in [-0.15, -0.1) is 0 Å². The van der Waals surface area contributed by atoms with Crippen LogP contribution in [-0.2, 0) is 11.2 Å². The van der Waals surface area contributed by atoms with Crippen molar-refractivity contribution in [2.45, 2.75) is 46.2 Å². The number of rotatable bonds is 7. The van der Waals surface area contributed by atoms with E-state index in [1.165, 1.54) is 0 Å². The summed E-state index contributed by atoms with van der Waals surface area (Å²) in [5.74, 6) is 0.955. The summed E-state index contributed by atoms with van der Waals surface area (Å²) in [4.78, 5) is 11.8. The number of hydrogen-bond donors (Lipinski definition) is 2. The standard InChI is InChI=1S/C16H25BrN2O2/c1-10(2)12(4)19-16(20)9-21-15-6-5-13(7-11(3)18)8-14(15)17/h5-6,8,10-12H,7,9,18H2,1-4H3,(H,19,20). The number of amides is 1. The summed E-state index contributed by atoms with van der Waals surface area (Å²) in [6.07, 6.45) is 0.811. The van der Waals surface area contributed by atoms with Gasteiger partial charge >= 0.3 is 0 Å². The third kappa shape index (κ3) is 6.48. The Morgan fingerprint density at radius 3 is 2.52 bits per heavy atom. The number of carbonyl (C=O) groups is 1. The smallest absolute Gasteiger partial charge is 0.258 e. The minimum absolute atomic E-state index is 0.0162. The molecule has 0 saturated carbocycles. The topological polar surface area (TPSA) is 64.3 Å². The highest BCUT2D eigenvalue weighted by molar-refractivity contribution is 9.10. The first-order valence-corrected chi connectivity index (χ1v) is 8.05. The highest BCUT2D eigenvalue weighted by atomic mass is 79.9. The third-order valence-corrected chi connectivity index (χ3v) is 3.92. The van der Waals surface area contributed by atoms with Crippen LogP contribution in [0.2, 0.25) is 0 Å². The molecule has 2 atom stereocenters. The highest BCUT2D eigenvalue weighted by Gasteiger charge is 2.12. The fraction of sp³-hybridized carbons (Fsp3) is 0.562. The van der Waals surface area contributed by atoms with E-state index in [1.54, 1.807) is 0 Å². The zero-order chi connectivity index (χ0) is 16.0. The molecule has 118 valence electrons. The fourth-order valence-electron chi connectivity index (χ4n) is 1.77. The predicted molar refractivity (Wildman–Crippen MR) is 89.4 cm³/mol. The van der Waals surface area contributed by atoms with Crippen molar-refractivity contribution in [1.82, 2.24) is 5.32 Å². The minimum Gasteiger partial charge on any atom is -0.483 e. The highest BCUT2D eigenvalue weighted by Crippen LogP contribution is 2.26. The van der Waals surface area contributed by atoms with Gasteiger partial charge in [0, 0.05) is 12.1 Å². The molecule has 5 heteroatoms. The quantitative estimate of drug-likeness (QED) is 0.789. The van der Waals surface area contributed by atoms with Gasteiger partial charge in [0.15, 0.2) is 6.61 Å². The Bertz CT molecular complexity index is 475. The first kappa shape index (κ1) is 18.0. The van der Waals surface area contributed by atoms with Gasteiger partial charge in [-0.1, -0.05) is 19.9 Å². The Hall–Kier alpha value is -1.07. The Labute approximate surface area is 135 Å². The van der Waals surface area contributed by atoms with Crippen molar-refractivity contribution in [3.8, 4) is 5.75 Å². The lowest BCUT2D eigenvalue weighted by molar-refractivity contribution is -0.124. The summed E-state index contributed by atoms with van der Waals surface area (Å²) in [5.41, 5.74) is 6.92. The number of hydrogen-bond acceptors (Lipinski definition) is 3. The van der Waals surface area contributed by atoms with Crippen LogP contribution in [-0.4, -0.2) is 24.6 Å². The summed E-state index contributed by atoms with van der Waals surface area (Å²) in [6, 6.07) is 6.07. The van der Waals surface area contributed by atoms with E-state index in [0.717, 1.165) is 16.5 Å². The van der Waals surface area contributed by atoms with Crippen LogP contribution in [0.15, 0.2) is 22.7 Å². The number of carbonyl (C=O) groups excluding carboxylic acids is 1. The Morgan fingerprint density at radius 1 is 1.33 bits per heavy atom. The third-order valence-electron chi connectivity index (χ3n) is 3.30. The molecule has 2 unspecified atom stereocenters. The van der Waals surface area contributed by atoms with Crippen LogP contribution in [0.5, 0.6) is 5.75 Å². The lowest BCUT2D eigenvalue weighted by Crippen LogP contribution is -2.38. The Morgan fingerprint density at radius 2 is 2.00 bits per heavy atom. The molecule has 0 aliphatic heterocycles. The van der Waals surface area contributed by atoms with Crippen molar-refractivity contribution in [2.24, 2.45) is 11.7 Å². The second kappa shape index (κ2) is 8.39. The molecule has 4 nitrogen and oxygen atoms in total. The Balaban J connectivity index is 2.54. The molecule has 0 spiro atoms. The minimum atomic E-state index is -0.109. The van der Waals surface area contributed by atoms with E-state index in [1.807, 2.05) is 32.0 Å². The van der Waals surface area contributed by atoms with Gasteiger partial charge < -0.3 is 15.8 Å².